The van der Waals surface area contributed by atoms with Gasteiger partial charge in [-0.3, -0.25) is 0 Å². The largest absolute Gasteiger partial charge is 0.480 e. The monoisotopic (exact) mass is 294 g/mol. The molecule has 0 saturated heterocycles. The Bertz CT molecular complexity index is 481. The van der Waals surface area contributed by atoms with E-state index in [2.05, 4.69) is 6.58 Å². The van der Waals surface area contributed by atoms with Crippen LogP contribution < -0.4 is 0 Å². The van der Waals surface area contributed by atoms with Gasteiger partial charge in [0.2, 0.25) is 0 Å². The Morgan fingerprint density at radius 1 is 1.19 bits per heavy atom. The van der Waals surface area contributed by atoms with Gasteiger partial charge < -0.3 is 14.6 Å². The van der Waals surface area contributed by atoms with Crippen molar-refractivity contribution in [2.45, 2.75) is 56.7 Å². The van der Waals surface area contributed by atoms with E-state index < -0.39 is 17.2 Å². The SMILES string of the molecule is C=C(C)C(=O)OC12CC3CC(CC(OCC(=O)O)(C3)C1)C2. The first-order chi connectivity index (χ1) is 9.81. The molecular formula is C16H22O5. The molecule has 0 radical (unpaired) electrons. The van der Waals surface area contributed by atoms with Crippen molar-refractivity contribution in [1.82, 2.24) is 0 Å². The highest BCUT2D eigenvalue weighted by molar-refractivity contribution is 5.87. The van der Waals surface area contributed by atoms with Crippen molar-refractivity contribution in [2.24, 2.45) is 11.8 Å². The summed E-state index contributed by atoms with van der Waals surface area (Å²) in [4.78, 5) is 22.8. The molecule has 21 heavy (non-hydrogen) atoms. The van der Waals surface area contributed by atoms with Crippen LogP contribution in [0.25, 0.3) is 0 Å². The molecule has 1 N–H and O–H groups in total. The zero-order valence-electron chi connectivity index (χ0n) is 12.4. The van der Waals surface area contributed by atoms with E-state index in [1.54, 1.807) is 6.92 Å². The van der Waals surface area contributed by atoms with Gasteiger partial charge in [-0.2, -0.15) is 0 Å². The number of hydrogen-bond donors (Lipinski definition) is 1. The average Bonchev–Trinajstić information content (AvgIpc) is 2.34. The van der Waals surface area contributed by atoms with Gasteiger partial charge in [-0.05, 0) is 50.9 Å². The Morgan fingerprint density at radius 2 is 1.76 bits per heavy atom. The van der Waals surface area contributed by atoms with Gasteiger partial charge in [0.05, 0.1) is 5.60 Å². The second kappa shape index (κ2) is 4.83. The molecule has 2 atom stereocenters. The van der Waals surface area contributed by atoms with Crippen molar-refractivity contribution in [3.63, 3.8) is 0 Å². The normalized spacial score (nSPS) is 40.0. The summed E-state index contributed by atoms with van der Waals surface area (Å²) in [5, 5.41) is 8.88. The van der Waals surface area contributed by atoms with Gasteiger partial charge in [-0.1, -0.05) is 6.58 Å². The highest BCUT2D eigenvalue weighted by Crippen LogP contribution is 2.60. The second-order valence-electron chi connectivity index (χ2n) is 7.18. The lowest BCUT2D eigenvalue weighted by Crippen LogP contribution is -2.61. The molecule has 116 valence electrons. The number of hydrogen-bond acceptors (Lipinski definition) is 4. The molecule has 0 heterocycles. The maximum atomic E-state index is 11.9. The molecule has 4 saturated carbocycles. The van der Waals surface area contributed by atoms with E-state index in [9.17, 15) is 9.59 Å². The molecule has 0 aromatic heterocycles. The van der Waals surface area contributed by atoms with E-state index in [1.165, 1.54) is 0 Å². The molecule has 4 fully saturated rings. The van der Waals surface area contributed by atoms with Crippen LogP contribution in [-0.2, 0) is 19.1 Å². The fourth-order valence-corrected chi connectivity index (χ4v) is 4.88. The molecule has 4 bridgehead atoms. The average molecular weight is 294 g/mol. The van der Waals surface area contributed by atoms with Crippen molar-refractivity contribution in [1.29, 1.82) is 0 Å². The minimum Gasteiger partial charge on any atom is -0.480 e. The molecule has 0 aromatic rings. The molecule has 2 unspecified atom stereocenters. The van der Waals surface area contributed by atoms with Crippen molar-refractivity contribution < 1.29 is 24.2 Å². The minimum absolute atomic E-state index is 0.274. The number of carbonyl (C=O) groups excluding carboxylic acids is 1. The summed E-state index contributed by atoms with van der Waals surface area (Å²) in [7, 11) is 0. The number of carboxylic acid groups (broad SMARTS) is 1. The fourth-order valence-electron chi connectivity index (χ4n) is 4.88. The van der Waals surface area contributed by atoms with Crippen LogP contribution in [0.2, 0.25) is 0 Å². The van der Waals surface area contributed by atoms with Crippen LogP contribution in [0.1, 0.15) is 45.4 Å². The maximum Gasteiger partial charge on any atom is 0.333 e. The smallest absolute Gasteiger partial charge is 0.333 e. The van der Waals surface area contributed by atoms with E-state index in [4.69, 9.17) is 14.6 Å². The Morgan fingerprint density at radius 3 is 2.29 bits per heavy atom. The van der Waals surface area contributed by atoms with Crippen molar-refractivity contribution in [3.8, 4) is 0 Å². The summed E-state index contributed by atoms with van der Waals surface area (Å²) >= 11 is 0. The Balaban J connectivity index is 1.79. The summed E-state index contributed by atoms with van der Waals surface area (Å²) in [5.74, 6) is -0.347. The number of rotatable bonds is 5. The standard InChI is InChI=1S/C16H22O5/c1-10(2)14(19)21-16-6-11-3-12(7-16)5-15(4-11,9-16)20-8-13(17)18/h11-12H,1,3-9H2,2H3,(H,17,18). The van der Waals surface area contributed by atoms with Crippen LogP contribution in [0, 0.1) is 11.8 Å². The van der Waals surface area contributed by atoms with Gasteiger partial charge in [0.1, 0.15) is 12.2 Å². The van der Waals surface area contributed by atoms with Gasteiger partial charge in [0, 0.05) is 12.0 Å². The highest BCUT2D eigenvalue weighted by Gasteiger charge is 2.60. The summed E-state index contributed by atoms with van der Waals surface area (Å²) in [6.07, 6.45) is 5.30. The zero-order valence-corrected chi connectivity index (χ0v) is 12.4. The van der Waals surface area contributed by atoms with Crippen molar-refractivity contribution in [2.75, 3.05) is 6.61 Å². The lowest BCUT2D eigenvalue weighted by Gasteiger charge is -2.60. The molecule has 4 rings (SSSR count). The first-order valence-corrected chi connectivity index (χ1v) is 7.56. The summed E-state index contributed by atoms with van der Waals surface area (Å²) < 4.78 is 11.5. The van der Waals surface area contributed by atoms with Gasteiger partial charge in [0.25, 0.3) is 0 Å². The molecule has 4 aliphatic carbocycles. The Hall–Kier alpha value is -1.36. The molecule has 5 nitrogen and oxygen atoms in total. The molecule has 0 spiro atoms. The predicted molar refractivity (Wildman–Crippen MR) is 74.6 cm³/mol. The minimum atomic E-state index is -0.946. The number of esters is 1. The van der Waals surface area contributed by atoms with Gasteiger partial charge in [0.15, 0.2) is 0 Å². The van der Waals surface area contributed by atoms with Crippen LogP contribution >= 0.6 is 0 Å². The second-order valence-corrected chi connectivity index (χ2v) is 7.18. The third-order valence-corrected chi connectivity index (χ3v) is 5.11. The number of carbonyl (C=O) groups is 2. The van der Waals surface area contributed by atoms with E-state index in [0.29, 0.717) is 23.8 Å². The predicted octanol–water partition coefficient (Wildman–Crippen LogP) is 2.30. The van der Waals surface area contributed by atoms with E-state index in [0.717, 1.165) is 32.1 Å². The van der Waals surface area contributed by atoms with E-state index in [-0.39, 0.29) is 12.6 Å². The van der Waals surface area contributed by atoms with Gasteiger partial charge in [-0.25, -0.2) is 9.59 Å². The first-order valence-electron chi connectivity index (χ1n) is 7.56. The molecule has 0 aromatic carbocycles. The molecular weight excluding hydrogens is 272 g/mol. The zero-order chi connectivity index (χ0) is 15.3. The van der Waals surface area contributed by atoms with Crippen LogP contribution in [-0.4, -0.2) is 34.9 Å². The van der Waals surface area contributed by atoms with Gasteiger partial charge in [-0.15, -0.1) is 0 Å². The third kappa shape index (κ3) is 2.71. The fraction of sp³-hybridized carbons (Fsp3) is 0.750. The van der Waals surface area contributed by atoms with Crippen molar-refractivity contribution >= 4 is 11.9 Å². The molecule has 4 aliphatic rings. The lowest BCUT2D eigenvalue weighted by molar-refractivity contribution is -0.233. The van der Waals surface area contributed by atoms with Crippen LogP contribution in [0.15, 0.2) is 12.2 Å². The van der Waals surface area contributed by atoms with Crippen LogP contribution in [0.5, 0.6) is 0 Å². The summed E-state index contributed by atoms with van der Waals surface area (Å²) in [6, 6.07) is 0. The number of ether oxygens (including phenoxy) is 2. The van der Waals surface area contributed by atoms with Crippen LogP contribution in [0.3, 0.4) is 0 Å². The molecule has 0 amide bonds. The summed E-state index contributed by atoms with van der Waals surface area (Å²) in [5.41, 5.74) is -0.484. The van der Waals surface area contributed by atoms with Crippen LogP contribution in [0.4, 0.5) is 0 Å². The summed E-state index contributed by atoms with van der Waals surface area (Å²) in [6.45, 7) is 5.03. The highest BCUT2D eigenvalue weighted by atomic mass is 16.6. The number of aliphatic carboxylic acids is 1. The lowest BCUT2D eigenvalue weighted by atomic mass is 9.52. The Labute approximate surface area is 124 Å². The maximum absolute atomic E-state index is 11.9. The van der Waals surface area contributed by atoms with Crippen molar-refractivity contribution in [3.05, 3.63) is 12.2 Å². The molecule has 5 heteroatoms. The Kier molecular flexibility index (Phi) is 3.35. The van der Waals surface area contributed by atoms with E-state index >= 15 is 0 Å². The topological polar surface area (TPSA) is 72.8 Å². The molecule has 0 aliphatic heterocycles. The quantitative estimate of drug-likeness (QED) is 0.622. The third-order valence-electron chi connectivity index (χ3n) is 5.11. The first kappa shape index (κ1) is 14.6. The van der Waals surface area contributed by atoms with E-state index in [1.807, 2.05) is 0 Å². The van der Waals surface area contributed by atoms with Gasteiger partial charge >= 0.3 is 11.9 Å². The number of carboxylic acids is 1.